The topological polar surface area (TPSA) is 13.0 Å². The number of para-hydroxylation sites is 4. The molecule has 0 atom stereocenters. The van der Waals surface area contributed by atoms with Crippen molar-refractivity contribution in [1.82, 2.24) is 0 Å². The fourth-order valence-corrected chi connectivity index (χ4v) is 18.6. The summed E-state index contributed by atoms with van der Waals surface area (Å²) in [6.07, 6.45) is 0. The molecule has 0 saturated heterocycles. The van der Waals surface area contributed by atoms with Crippen LogP contribution in [0.4, 0.5) is 68.2 Å². The Balaban J connectivity index is 0.947. The molecule has 4 heterocycles. The van der Waals surface area contributed by atoms with Gasteiger partial charge >= 0.3 is 0 Å². The summed E-state index contributed by atoms with van der Waals surface area (Å²) in [6.45, 7) is -0.285. The molecule has 4 nitrogen and oxygen atoms in total. The molecule has 482 valence electrons. The van der Waals surface area contributed by atoms with Gasteiger partial charge in [-0.05, 0) is 147 Å². The standard InChI is InChI=1S/C96H63BN4S2/c1-8-30-64(31-9-1)69-60-86-94-87(61-69)101(96-76(67-36-14-4-15-37-67)48-27-49-77(96)68-38-16-5-17-39-68)85-63-73(99(71-42-20-7-21-43-71)83-51-29-55-91-93(83)79-45-23-25-53-89(79)103-91)57-59-81(85)97(94)80-58-56-72(98(70-40-18-6-19-41-70)82-50-28-54-90-92(82)78-44-22-24-52-88(78)102-90)62-84(80)100(86)95-74(65-32-10-2-11-33-65)46-26-47-75(95)66-34-12-3-13-35-66/h1-63H. The SMILES string of the molecule is c1ccc(-c2cc3c4c(c2)N(c2c(-c5ccccc5)cccc2-c2ccccc2)c2cc(N(c5ccccc5)c5cccc6sc7ccccc7c56)ccc2B4c2ccc(N(c4ccccc4)c4cccc5sc6ccccc6c45)cc2N3c2c(-c3ccccc3)cccc2-c2ccccc2)cc1. The van der Waals surface area contributed by atoms with E-state index in [4.69, 9.17) is 0 Å². The summed E-state index contributed by atoms with van der Waals surface area (Å²) in [5.41, 5.74) is 27.9. The Morgan fingerprint density at radius 3 is 0.932 bits per heavy atom. The second kappa shape index (κ2) is 25.1. The van der Waals surface area contributed by atoms with Gasteiger partial charge in [-0.3, -0.25) is 0 Å². The maximum absolute atomic E-state index is 2.68. The Morgan fingerprint density at radius 1 is 0.233 bits per heavy atom. The van der Waals surface area contributed by atoms with Crippen molar-refractivity contribution in [3.05, 3.63) is 382 Å². The van der Waals surface area contributed by atoms with E-state index in [1.165, 1.54) is 56.7 Å². The van der Waals surface area contributed by atoms with E-state index in [1.807, 2.05) is 22.7 Å². The lowest BCUT2D eigenvalue weighted by molar-refractivity contribution is 1.24. The first-order chi connectivity index (χ1) is 51.1. The van der Waals surface area contributed by atoms with E-state index in [9.17, 15) is 0 Å². The molecule has 7 heteroatoms. The van der Waals surface area contributed by atoms with Gasteiger partial charge in [-0.2, -0.15) is 0 Å². The largest absolute Gasteiger partial charge is 0.310 e. The zero-order chi connectivity index (χ0) is 67.9. The van der Waals surface area contributed by atoms with Gasteiger partial charge in [-0.1, -0.05) is 285 Å². The highest BCUT2D eigenvalue weighted by molar-refractivity contribution is 7.26. The zero-order valence-electron chi connectivity index (χ0n) is 56.1. The average molecular weight is 1350 g/mol. The molecular weight excluding hydrogens is 1280 g/mol. The third kappa shape index (κ3) is 10.1. The first-order valence-electron chi connectivity index (χ1n) is 35.3. The van der Waals surface area contributed by atoms with E-state index in [1.54, 1.807) is 0 Å². The molecule has 0 unspecified atom stereocenters. The minimum Gasteiger partial charge on any atom is -0.310 e. The number of nitrogens with zero attached hydrogens (tertiary/aromatic N) is 4. The summed E-state index contributed by atoms with van der Waals surface area (Å²) in [6, 6.07) is 142. The van der Waals surface area contributed by atoms with Crippen LogP contribution in [0.25, 0.3) is 96.0 Å². The van der Waals surface area contributed by atoms with Gasteiger partial charge in [-0.25, -0.2) is 0 Å². The van der Waals surface area contributed by atoms with Crippen LogP contribution in [0.5, 0.6) is 0 Å². The first-order valence-corrected chi connectivity index (χ1v) is 36.9. The van der Waals surface area contributed by atoms with Crippen molar-refractivity contribution in [3.63, 3.8) is 0 Å². The molecular formula is C96H63BN4S2. The molecule has 0 saturated carbocycles. The molecule has 0 aliphatic carbocycles. The number of anilines is 12. The van der Waals surface area contributed by atoms with Crippen molar-refractivity contribution in [3.8, 4) is 55.6 Å². The van der Waals surface area contributed by atoms with Crippen LogP contribution in [0.15, 0.2) is 382 Å². The minimum absolute atomic E-state index is 0.285. The van der Waals surface area contributed by atoms with E-state index < -0.39 is 0 Å². The zero-order valence-corrected chi connectivity index (χ0v) is 57.7. The van der Waals surface area contributed by atoms with Crippen LogP contribution in [0.2, 0.25) is 0 Å². The molecule has 2 aromatic heterocycles. The Hall–Kier alpha value is -12.8. The third-order valence-corrected chi connectivity index (χ3v) is 23.1. The Bertz CT molecular complexity index is 5790. The van der Waals surface area contributed by atoms with Crippen molar-refractivity contribution < 1.29 is 0 Å². The van der Waals surface area contributed by atoms with Gasteiger partial charge in [0, 0.05) is 108 Å². The molecule has 2 aliphatic rings. The van der Waals surface area contributed by atoms with Gasteiger partial charge in [0.15, 0.2) is 0 Å². The van der Waals surface area contributed by atoms with Crippen LogP contribution >= 0.6 is 22.7 Å². The predicted octanol–water partition coefficient (Wildman–Crippen LogP) is 25.8. The lowest BCUT2D eigenvalue weighted by Gasteiger charge is -2.46. The van der Waals surface area contributed by atoms with E-state index >= 15 is 0 Å². The number of benzene rings is 16. The van der Waals surface area contributed by atoms with Gasteiger partial charge in [0.1, 0.15) is 0 Å². The molecule has 18 aromatic rings. The Kier molecular flexibility index (Phi) is 14.7. The van der Waals surface area contributed by atoms with E-state index in [-0.39, 0.29) is 6.71 Å². The van der Waals surface area contributed by atoms with E-state index in [2.05, 4.69) is 402 Å². The van der Waals surface area contributed by atoms with Crippen LogP contribution in [0.3, 0.4) is 0 Å². The second-order valence-electron chi connectivity index (χ2n) is 26.6. The molecule has 0 bridgehead atoms. The predicted molar refractivity (Wildman–Crippen MR) is 443 cm³/mol. The van der Waals surface area contributed by atoms with Crippen LogP contribution in [0.1, 0.15) is 0 Å². The Labute approximate surface area is 607 Å². The molecule has 0 fully saturated rings. The summed E-state index contributed by atoms with van der Waals surface area (Å²) >= 11 is 3.71. The summed E-state index contributed by atoms with van der Waals surface area (Å²) in [5.74, 6) is 0. The summed E-state index contributed by atoms with van der Waals surface area (Å²) in [7, 11) is 0. The molecule has 0 N–H and O–H groups in total. The van der Waals surface area contributed by atoms with Crippen molar-refractivity contribution in [2.75, 3.05) is 19.6 Å². The van der Waals surface area contributed by atoms with Crippen LogP contribution in [-0.4, -0.2) is 6.71 Å². The average Bonchev–Trinajstić information content (AvgIpc) is 1.59. The summed E-state index contributed by atoms with van der Waals surface area (Å²) in [4.78, 5) is 10.4. The van der Waals surface area contributed by atoms with Gasteiger partial charge in [0.2, 0.25) is 0 Å². The van der Waals surface area contributed by atoms with Gasteiger partial charge in [0.25, 0.3) is 6.71 Å². The molecule has 0 radical (unpaired) electrons. The van der Waals surface area contributed by atoms with Crippen LogP contribution < -0.4 is 36.0 Å². The van der Waals surface area contributed by atoms with Crippen molar-refractivity contribution in [2.45, 2.75) is 0 Å². The van der Waals surface area contributed by atoms with E-state index in [0.29, 0.717) is 0 Å². The maximum Gasteiger partial charge on any atom is 0.252 e. The first kappa shape index (κ1) is 60.2. The molecule has 103 heavy (non-hydrogen) atoms. The molecule has 0 spiro atoms. The summed E-state index contributed by atoms with van der Waals surface area (Å²) in [5, 5.41) is 4.97. The molecule has 2 aliphatic heterocycles. The fraction of sp³-hybridized carbons (Fsp3) is 0. The number of hydrogen-bond acceptors (Lipinski definition) is 6. The number of hydrogen-bond donors (Lipinski definition) is 0. The minimum atomic E-state index is -0.285. The van der Waals surface area contributed by atoms with Crippen LogP contribution in [-0.2, 0) is 0 Å². The van der Waals surface area contributed by atoms with Crippen molar-refractivity contribution in [1.29, 1.82) is 0 Å². The highest BCUT2D eigenvalue weighted by atomic mass is 32.1. The fourth-order valence-electron chi connectivity index (χ4n) is 16.4. The molecule has 0 amide bonds. The quantitative estimate of drug-likeness (QED) is 0.107. The normalized spacial score (nSPS) is 12.2. The number of fused-ring (bicyclic) bond motifs is 10. The lowest BCUT2D eigenvalue weighted by Crippen LogP contribution is -2.61. The lowest BCUT2D eigenvalue weighted by atomic mass is 9.33. The molecule has 20 rings (SSSR count). The monoisotopic (exact) mass is 1350 g/mol. The van der Waals surface area contributed by atoms with Crippen molar-refractivity contribution >= 4 is 154 Å². The highest BCUT2D eigenvalue weighted by Crippen LogP contribution is 2.56. The number of thiophene rings is 2. The van der Waals surface area contributed by atoms with Gasteiger partial charge in [0.05, 0.1) is 22.7 Å². The molecule has 16 aromatic carbocycles. The van der Waals surface area contributed by atoms with Crippen LogP contribution in [0, 0.1) is 0 Å². The number of rotatable bonds is 13. The third-order valence-electron chi connectivity index (χ3n) is 20.8. The Morgan fingerprint density at radius 2 is 0.553 bits per heavy atom. The second-order valence-corrected chi connectivity index (χ2v) is 28.8. The van der Waals surface area contributed by atoms with E-state index in [0.717, 1.165) is 124 Å². The van der Waals surface area contributed by atoms with Gasteiger partial charge < -0.3 is 19.6 Å². The van der Waals surface area contributed by atoms with Gasteiger partial charge in [-0.15, -0.1) is 22.7 Å². The smallest absolute Gasteiger partial charge is 0.252 e. The maximum atomic E-state index is 2.68. The summed E-state index contributed by atoms with van der Waals surface area (Å²) < 4.78 is 5.02. The van der Waals surface area contributed by atoms with Crippen molar-refractivity contribution in [2.24, 2.45) is 0 Å². The highest BCUT2D eigenvalue weighted by Gasteiger charge is 2.46.